The van der Waals surface area contributed by atoms with Crippen molar-refractivity contribution in [2.75, 3.05) is 13.1 Å². The Hall–Kier alpha value is -1.44. The maximum absolute atomic E-state index is 9.09. The summed E-state index contributed by atoms with van der Waals surface area (Å²) in [6, 6.07) is 8.16. The highest BCUT2D eigenvalue weighted by Gasteiger charge is 2.17. The van der Waals surface area contributed by atoms with E-state index in [0.29, 0.717) is 5.92 Å². The minimum atomic E-state index is 0.690. The van der Waals surface area contributed by atoms with Gasteiger partial charge < -0.3 is 5.32 Å². The van der Waals surface area contributed by atoms with Gasteiger partial charge in [-0.25, -0.2) is 0 Å². The van der Waals surface area contributed by atoms with E-state index in [2.05, 4.69) is 21.8 Å². The van der Waals surface area contributed by atoms with Crippen LogP contribution in [-0.2, 0) is 6.42 Å². The molecule has 3 nitrogen and oxygen atoms in total. The lowest BCUT2D eigenvalue weighted by atomic mass is 9.93. The summed E-state index contributed by atoms with van der Waals surface area (Å²) >= 11 is 1.46. The zero-order chi connectivity index (χ0) is 12.4. The summed E-state index contributed by atoms with van der Waals surface area (Å²) in [5.74, 6) is 0.690. The van der Waals surface area contributed by atoms with Crippen molar-refractivity contribution in [3.05, 3.63) is 29.5 Å². The first kappa shape index (κ1) is 11.6. The Morgan fingerprint density at radius 1 is 1.50 bits per heavy atom. The van der Waals surface area contributed by atoms with E-state index in [-0.39, 0.29) is 0 Å². The second-order valence-electron chi connectivity index (χ2n) is 4.84. The lowest BCUT2D eigenvalue weighted by molar-refractivity contribution is 0.375. The van der Waals surface area contributed by atoms with Crippen LogP contribution in [0.4, 0.5) is 0 Å². The summed E-state index contributed by atoms with van der Waals surface area (Å²) in [6.07, 6.45) is 3.57. The van der Waals surface area contributed by atoms with Crippen molar-refractivity contribution in [2.24, 2.45) is 5.92 Å². The Kier molecular flexibility index (Phi) is 3.26. The van der Waals surface area contributed by atoms with E-state index >= 15 is 0 Å². The third-order valence-corrected chi connectivity index (χ3v) is 4.51. The Morgan fingerprint density at radius 3 is 3.22 bits per heavy atom. The van der Waals surface area contributed by atoms with Crippen molar-refractivity contribution in [1.82, 2.24) is 9.69 Å². The van der Waals surface area contributed by atoms with Gasteiger partial charge >= 0.3 is 0 Å². The molecule has 0 spiro atoms. The van der Waals surface area contributed by atoms with Gasteiger partial charge in [0.15, 0.2) is 0 Å². The fraction of sp³-hybridized carbons (Fsp3) is 0.429. The topological polar surface area (TPSA) is 48.7 Å². The zero-order valence-electron chi connectivity index (χ0n) is 10.1. The van der Waals surface area contributed by atoms with Crippen LogP contribution in [0.15, 0.2) is 18.2 Å². The highest BCUT2D eigenvalue weighted by Crippen LogP contribution is 2.28. The first-order chi connectivity index (χ1) is 8.88. The number of hydrogen-bond acceptors (Lipinski definition) is 4. The van der Waals surface area contributed by atoms with Crippen molar-refractivity contribution in [2.45, 2.75) is 19.3 Å². The van der Waals surface area contributed by atoms with Crippen LogP contribution in [0, 0.1) is 17.2 Å². The van der Waals surface area contributed by atoms with E-state index in [1.165, 1.54) is 35.5 Å². The lowest BCUT2D eigenvalue weighted by Crippen LogP contribution is -2.30. The van der Waals surface area contributed by atoms with Gasteiger partial charge in [0.2, 0.25) is 0 Å². The molecule has 1 aromatic carbocycles. The van der Waals surface area contributed by atoms with Gasteiger partial charge in [-0.3, -0.25) is 0 Å². The molecular weight excluding hydrogens is 242 g/mol. The molecule has 3 rings (SSSR count). The maximum Gasteiger partial charge on any atom is 0.101 e. The van der Waals surface area contributed by atoms with E-state index in [9.17, 15) is 0 Å². The van der Waals surface area contributed by atoms with Crippen LogP contribution in [0.5, 0.6) is 0 Å². The van der Waals surface area contributed by atoms with Gasteiger partial charge in [-0.05, 0) is 55.9 Å². The molecule has 4 heteroatoms. The second-order valence-corrected chi connectivity index (χ2v) is 5.61. The van der Waals surface area contributed by atoms with Gasteiger partial charge in [0.05, 0.1) is 16.0 Å². The van der Waals surface area contributed by atoms with E-state index < -0.39 is 0 Å². The molecule has 0 amide bonds. The molecule has 1 atom stereocenters. The summed E-state index contributed by atoms with van der Waals surface area (Å²) in [6.45, 7) is 2.24. The largest absolute Gasteiger partial charge is 0.316 e. The first-order valence-electron chi connectivity index (χ1n) is 6.36. The molecule has 0 saturated carbocycles. The predicted octanol–water partition coefficient (Wildman–Crippen LogP) is 2.71. The minimum Gasteiger partial charge on any atom is -0.316 e. The standard InChI is InChI=1S/C14H15N3S/c15-8-11-4-1-5-12-13(17-18-14(11)12)7-10-3-2-6-16-9-10/h1,4-5,10,16H,2-3,6-7,9H2/t10-/m1/s1. The highest BCUT2D eigenvalue weighted by molar-refractivity contribution is 7.13. The second kappa shape index (κ2) is 5.05. The number of nitriles is 1. The van der Waals surface area contributed by atoms with Crippen molar-refractivity contribution < 1.29 is 0 Å². The molecule has 1 aliphatic rings. The smallest absolute Gasteiger partial charge is 0.101 e. The SMILES string of the molecule is N#Cc1cccc2c(C[C@H]3CCCNC3)nsc12. The predicted molar refractivity (Wildman–Crippen MR) is 73.6 cm³/mol. The first-order valence-corrected chi connectivity index (χ1v) is 7.14. The van der Waals surface area contributed by atoms with Crippen LogP contribution >= 0.6 is 11.5 Å². The molecule has 92 valence electrons. The van der Waals surface area contributed by atoms with Crippen LogP contribution in [-0.4, -0.2) is 17.5 Å². The summed E-state index contributed by atoms with van der Waals surface area (Å²) in [7, 11) is 0. The molecule has 2 aromatic rings. The van der Waals surface area contributed by atoms with Crippen LogP contribution in [0.3, 0.4) is 0 Å². The van der Waals surface area contributed by atoms with Crippen molar-refractivity contribution in [3.8, 4) is 6.07 Å². The maximum atomic E-state index is 9.09. The molecule has 1 fully saturated rings. The summed E-state index contributed by atoms with van der Waals surface area (Å²) in [5.41, 5.74) is 1.92. The molecule has 0 bridgehead atoms. The van der Waals surface area contributed by atoms with Crippen LogP contribution in [0.2, 0.25) is 0 Å². The Balaban J connectivity index is 1.91. The van der Waals surface area contributed by atoms with E-state index in [0.717, 1.165) is 29.8 Å². The van der Waals surface area contributed by atoms with Gasteiger partial charge in [0, 0.05) is 5.39 Å². The van der Waals surface area contributed by atoms with E-state index in [4.69, 9.17) is 5.26 Å². The summed E-state index contributed by atoms with van der Waals surface area (Å²) < 4.78 is 5.60. The van der Waals surface area contributed by atoms with E-state index in [1.54, 1.807) is 0 Å². The fourth-order valence-corrected chi connectivity index (χ4v) is 3.49. The van der Waals surface area contributed by atoms with Gasteiger partial charge in [0.25, 0.3) is 0 Å². The number of rotatable bonds is 2. The van der Waals surface area contributed by atoms with Crippen LogP contribution in [0.25, 0.3) is 10.1 Å². The number of hydrogen-bond donors (Lipinski definition) is 1. The lowest BCUT2D eigenvalue weighted by Gasteiger charge is -2.21. The highest BCUT2D eigenvalue weighted by atomic mass is 32.1. The third kappa shape index (κ3) is 2.12. The van der Waals surface area contributed by atoms with E-state index in [1.807, 2.05) is 12.1 Å². The Bertz CT molecular complexity index is 591. The average molecular weight is 257 g/mol. The molecular formula is C14H15N3S. The van der Waals surface area contributed by atoms with Gasteiger partial charge in [0.1, 0.15) is 6.07 Å². The van der Waals surface area contributed by atoms with Gasteiger partial charge in [-0.15, -0.1) is 0 Å². The number of aromatic nitrogens is 1. The van der Waals surface area contributed by atoms with Gasteiger partial charge in [-0.2, -0.15) is 9.64 Å². The minimum absolute atomic E-state index is 0.690. The number of piperidine rings is 1. The number of nitrogens with one attached hydrogen (secondary N) is 1. The monoisotopic (exact) mass is 257 g/mol. The van der Waals surface area contributed by atoms with Crippen molar-refractivity contribution in [3.63, 3.8) is 0 Å². The summed E-state index contributed by atoms with van der Waals surface area (Å²) in [5, 5.41) is 13.7. The summed E-state index contributed by atoms with van der Waals surface area (Å²) in [4.78, 5) is 0. The normalized spacial score (nSPS) is 19.8. The van der Waals surface area contributed by atoms with Crippen LogP contribution < -0.4 is 5.32 Å². The number of nitrogens with zero attached hydrogens (tertiary/aromatic N) is 2. The molecule has 0 radical (unpaired) electrons. The quantitative estimate of drug-likeness (QED) is 0.900. The van der Waals surface area contributed by atoms with Crippen molar-refractivity contribution >= 4 is 21.6 Å². The fourth-order valence-electron chi connectivity index (χ4n) is 2.62. The molecule has 1 aliphatic heterocycles. The molecule has 1 saturated heterocycles. The molecule has 1 aromatic heterocycles. The Labute approximate surface area is 111 Å². The third-order valence-electron chi connectivity index (χ3n) is 3.57. The number of fused-ring (bicyclic) bond motifs is 1. The molecule has 1 N–H and O–H groups in total. The average Bonchev–Trinajstić information content (AvgIpc) is 2.83. The molecule has 0 aliphatic carbocycles. The number of benzene rings is 1. The van der Waals surface area contributed by atoms with Gasteiger partial charge in [-0.1, -0.05) is 12.1 Å². The molecule has 0 unspecified atom stereocenters. The molecule has 18 heavy (non-hydrogen) atoms. The molecule has 2 heterocycles. The Morgan fingerprint density at radius 2 is 2.44 bits per heavy atom. The van der Waals surface area contributed by atoms with Crippen molar-refractivity contribution in [1.29, 1.82) is 5.26 Å². The zero-order valence-corrected chi connectivity index (χ0v) is 11.0. The van der Waals surface area contributed by atoms with Crippen LogP contribution in [0.1, 0.15) is 24.1 Å².